The first-order valence-electron chi connectivity index (χ1n) is 7.90. The number of carboxylic acids is 1. The van der Waals surface area contributed by atoms with Crippen molar-refractivity contribution in [2.75, 3.05) is 19.6 Å². The minimum atomic E-state index is -0.671. The highest BCUT2D eigenvalue weighted by Gasteiger charge is 2.30. The van der Waals surface area contributed by atoms with Crippen molar-refractivity contribution in [1.82, 2.24) is 10.2 Å². The lowest BCUT2D eigenvalue weighted by Gasteiger charge is -2.41. The zero-order chi connectivity index (χ0) is 15.3. The second-order valence-electron chi connectivity index (χ2n) is 7.55. The van der Waals surface area contributed by atoms with Gasteiger partial charge in [-0.2, -0.15) is 0 Å². The number of hydrogen-bond donors (Lipinski definition) is 2. The van der Waals surface area contributed by atoms with Crippen molar-refractivity contribution in [2.45, 2.75) is 66.0 Å². The van der Waals surface area contributed by atoms with E-state index in [1.807, 2.05) is 0 Å². The Morgan fingerprint density at radius 2 is 2.05 bits per heavy atom. The zero-order valence-corrected chi connectivity index (χ0v) is 13.8. The van der Waals surface area contributed by atoms with Crippen LogP contribution in [-0.4, -0.2) is 47.7 Å². The summed E-state index contributed by atoms with van der Waals surface area (Å²) in [6.45, 7) is 14.1. The lowest BCUT2D eigenvalue weighted by molar-refractivity contribution is -0.138. The fourth-order valence-corrected chi connectivity index (χ4v) is 2.85. The Morgan fingerprint density at radius 1 is 1.40 bits per heavy atom. The molecule has 0 spiro atoms. The molecule has 0 aromatic carbocycles. The van der Waals surface area contributed by atoms with Crippen molar-refractivity contribution in [3.8, 4) is 0 Å². The van der Waals surface area contributed by atoms with Crippen LogP contribution < -0.4 is 5.32 Å². The van der Waals surface area contributed by atoms with Crippen LogP contribution in [0.3, 0.4) is 0 Å². The molecule has 0 saturated carbocycles. The third-order valence-electron chi connectivity index (χ3n) is 4.16. The van der Waals surface area contributed by atoms with Gasteiger partial charge in [0, 0.05) is 38.1 Å². The van der Waals surface area contributed by atoms with Gasteiger partial charge in [0.2, 0.25) is 0 Å². The predicted molar refractivity (Wildman–Crippen MR) is 82.9 cm³/mol. The summed E-state index contributed by atoms with van der Waals surface area (Å²) in [6, 6.07) is 0.951. The molecule has 0 bridgehead atoms. The molecule has 1 saturated heterocycles. The summed E-state index contributed by atoms with van der Waals surface area (Å²) < 4.78 is 0. The van der Waals surface area contributed by atoms with Crippen LogP contribution in [0.5, 0.6) is 0 Å². The van der Waals surface area contributed by atoms with Gasteiger partial charge >= 0.3 is 5.97 Å². The highest BCUT2D eigenvalue weighted by atomic mass is 16.4. The van der Waals surface area contributed by atoms with Crippen LogP contribution in [0.15, 0.2) is 0 Å². The van der Waals surface area contributed by atoms with Gasteiger partial charge < -0.3 is 10.4 Å². The third-order valence-corrected chi connectivity index (χ3v) is 4.16. The van der Waals surface area contributed by atoms with Crippen LogP contribution in [0.25, 0.3) is 0 Å². The summed E-state index contributed by atoms with van der Waals surface area (Å²) in [4.78, 5) is 13.5. The largest absolute Gasteiger partial charge is 0.481 e. The monoisotopic (exact) mass is 284 g/mol. The lowest BCUT2D eigenvalue weighted by atomic mass is 9.89. The summed E-state index contributed by atoms with van der Waals surface area (Å²) in [6.07, 6.45) is 2.39. The molecule has 4 heteroatoms. The molecule has 4 nitrogen and oxygen atoms in total. The molecule has 3 atom stereocenters. The Labute approximate surface area is 123 Å². The van der Waals surface area contributed by atoms with Gasteiger partial charge in [-0.1, -0.05) is 27.7 Å². The Kier molecular flexibility index (Phi) is 6.46. The fraction of sp³-hybridized carbons (Fsp3) is 0.938. The number of piperidine rings is 1. The summed E-state index contributed by atoms with van der Waals surface area (Å²) in [5.41, 5.74) is 0.265. The van der Waals surface area contributed by atoms with Crippen molar-refractivity contribution in [3.05, 3.63) is 0 Å². The molecule has 3 unspecified atom stereocenters. The number of carbonyl (C=O) groups is 1. The molecular formula is C16H32N2O2. The molecule has 0 aromatic heterocycles. The van der Waals surface area contributed by atoms with E-state index in [4.69, 9.17) is 5.11 Å². The van der Waals surface area contributed by atoms with E-state index in [0.717, 1.165) is 32.5 Å². The van der Waals surface area contributed by atoms with Gasteiger partial charge in [-0.25, -0.2) is 0 Å². The minimum Gasteiger partial charge on any atom is -0.481 e. The maximum absolute atomic E-state index is 11.0. The molecule has 1 rings (SSSR count). The molecule has 0 aromatic rings. The van der Waals surface area contributed by atoms with Crippen LogP contribution in [0, 0.1) is 11.3 Å². The van der Waals surface area contributed by atoms with Gasteiger partial charge in [0.25, 0.3) is 0 Å². The van der Waals surface area contributed by atoms with Crippen molar-refractivity contribution < 1.29 is 9.90 Å². The Hall–Kier alpha value is -0.610. The van der Waals surface area contributed by atoms with Crippen molar-refractivity contribution in [1.29, 1.82) is 0 Å². The van der Waals surface area contributed by atoms with Gasteiger partial charge in [0.15, 0.2) is 0 Å². The van der Waals surface area contributed by atoms with E-state index in [9.17, 15) is 4.79 Å². The second kappa shape index (κ2) is 7.41. The fourth-order valence-electron chi connectivity index (χ4n) is 2.85. The first-order valence-corrected chi connectivity index (χ1v) is 7.90. The second-order valence-corrected chi connectivity index (χ2v) is 7.55. The first kappa shape index (κ1) is 17.4. The Morgan fingerprint density at radius 3 is 2.55 bits per heavy atom. The quantitative estimate of drug-likeness (QED) is 0.787. The van der Waals surface area contributed by atoms with Crippen LogP contribution in [0.2, 0.25) is 0 Å². The van der Waals surface area contributed by atoms with E-state index in [2.05, 4.69) is 44.8 Å². The maximum atomic E-state index is 11.0. The number of nitrogens with one attached hydrogen (secondary N) is 1. The lowest BCUT2D eigenvalue weighted by Crippen LogP contribution is -2.53. The smallest absolute Gasteiger partial charge is 0.303 e. The highest BCUT2D eigenvalue weighted by molar-refractivity contribution is 5.67. The van der Waals surface area contributed by atoms with Gasteiger partial charge in [-0.3, -0.25) is 9.69 Å². The molecule has 0 radical (unpaired) electrons. The van der Waals surface area contributed by atoms with E-state index in [-0.39, 0.29) is 11.3 Å². The molecule has 0 aliphatic carbocycles. The standard InChI is InChI=1S/C16H32N2O2/c1-6-12(2)18-9-13(8-15(19)20)7-14(10-18)17-11-16(3,4)5/h12-14,17H,6-11H2,1-5H3,(H,19,20). The predicted octanol–water partition coefficient (Wildman–Crippen LogP) is 2.59. The molecule has 20 heavy (non-hydrogen) atoms. The number of rotatable bonds is 6. The summed E-state index contributed by atoms with van der Waals surface area (Å²) in [5.74, 6) is -0.400. The van der Waals surface area contributed by atoms with Gasteiger partial charge in [0.1, 0.15) is 0 Å². The molecule has 118 valence electrons. The van der Waals surface area contributed by atoms with Gasteiger partial charge in [0.05, 0.1) is 0 Å². The van der Waals surface area contributed by atoms with Gasteiger partial charge in [-0.05, 0) is 31.1 Å². The van der Waals surface area contributed by atoms with Crippen LogP contribution in [0.1, 0.15) is 53.9 Å². The van der Waals surface area contributed by atoms with Crippen LogP contribution >= 0.6 is 0 Å². The Bertz CT molecular complexity index is 312. The number of aliphatic carboxylic acids is 1. The van der Waals surface area contributed by atoms with Crippen LogP contribution in [0.4, 0.5) is 0 Å². The Balaban J connectivity index is 2.61. The number of nitrogens with zero attached hydrogens (tertiary/aromatic N) is 1. The molecule has 1 aliphatic rings. The van der Waals surface area contributed by atoms with E-state index in [1.54, 1.807) is 0 Å². The van der Waals surface area contributed by atoms with Crippen LogP contribution in [-0.2, 0) is 4.79 Å². The molecule has 1 aliphatic heterocycles. The topological polar surface area (TPSA) is 52.6 Å². The van der Waals surface area contributed by atoms with E-state index < -0.39 is 5.97 Å². The zero-order valence-electron chi connectivity index (χ0n) is 13.8. The van der Waals surface area contributed by atoms with E-state index >= 15 is 0 Å². The highest BCUT2D eigenvalue weighted by Crippen LogP contribution is 2.23. The van der Waals surface area contributed by atoms with Crippen molar-refractivity contribution in [2.24, 2.45) is 11.3 Å². The third kappa shape index (κ3) is 6.23. The first-order chi connectivity index (χ1) is 9.21. The molecule has 0 amide bonds. The molecular weight excluding hydrogens is 252 g/mol. The average Bonchev–Trinajstić information content (AvgIpc) is 2.33. The molecule has 2 N–H and O–H groups in total. The number of likely N-dealkylation sites (tertiary alicyclic amines) is 1. The maximum Gasteiger partial charge on any atom is 0.303 e. The molecule has 1 fully saturated rings. The number of hydrogen-bond acceptors (Lipinski definition) is 3. The average molecular weight is 284 g/mol. The molecule has 1 heterocycles. The van der Waals surface area contributed by atoms with Crippen molar-refractivity contribution in [3.63, 3.8) is 0 Å². The summed E-state index contributed by atoms with van der Waals surface area (Å²) >= 11 is 0. The SMILES string of the molecule is CCC(C)N1CC(CC(=O)O)CC(NCC(C)(C)C)C1. The normalized spacial score (nSPS) is 26.4. The number of carboxylic acid groups (broad SMARTS) is 1. The van der Waals surface area contributed by atoms with Crippen molar-refractivity contribution >= 4 is 5.97 Å². The van der Waals surface area contributed by atoms with E-state index in [1.165, 1.54) is 0 Å². The summed E-state index contributed by atoms with van der Waals surface area (Å²) in [7, 11) is 0. The minimum absolute atomic E-state index is 0.265. The van der Waals surface area contributed by atoms with Gasteiger partial charge in [-0.15, -0.1) is 0 Å². The van der Waals surface area contributed by atoms with E-state index in [0.29, 0.717) is 18.5 Å². The summed E-state index contributed by atoms with van der Waals surface area (Å²) in [5, 5.41) is 12.7.